The average Bonchev–Trinajstić information content (AvgIpc) is 2.28. The molecule has 1 fully saturated rings. The van der Waals surface area contributed by atoms with Crippen LogP contribution in [0.5, 0.6) is 0 Å². The van der Waals surface area contributed by atoms with E-state index in [0.717, 1.165) is 43.7 Å². The first-order chi connectivity index (χ1) is 8.17. The molecule has 1 aliphatic heterocycles. The number of aryl methyl sites for hydroxylation is 1. The van der Waals surface area contributed by atoms with Gasteiger partial charge in [-0.25, -0.2) is 4.39 Å². The van der Waals surface area contributed by atoms with Crippen LogP contribution in [0.25, 0.3) is 0 Å². The molecule has 17 heavy (non-hydrogen) atoms. The van der Waals surface area contributed by atoms with Gasteiger partial charge < -0.3 is 10.2 Å². The third-order valence-corrected chi connectivity index (χ3v) is 3.45. The SMILES string of the molecule is CCN1CCC(Nc2cc(C)cc(F)c2)CC1. The summed E-state index contributed by atoms with van der Waals surface area (Å²) in [5.41, 5.74) is 1.89. The lowest BCUT2D eigenvalue weighted by atomic mass is 10.0. The Bertz CT molecular complexity index is 350. The number of piperidine rings is 1. The molecule has 2 rings (SSSR count). The number of halogens is 1. The lowest BCUT2D eigenvalue weighted by Gasteiger charge is -2.32. The van der Waals surface area contributed by atoms with Crippen LogP contribution in [0.2, 0.25) is 0 Å². The lowest BCUT2D eigenvalue weighted by Crippen LogP contribution is -2.38. The number of hydrogen-bond acceptors (Lipinski definition) is 2. The van der Waals surface area contributed by atoms with Crippen molar-refractivity contribution in [1.29, 1.82) is 0 Å². The molecule has 0 atom stereocenters. The van der Waals surface area contributed by atoms with Crippen molar-refractivity contribution in [3.8, 4) is 0 Å². The maximum absolute atomic E-state index is 13.3. The normalized spacial score (nSPS) is 18.3. The molecule has 0 aromatic heterocycles. The molecule has 1 saturated heterocycles. The Balaban J connectivity index is 1.93. The number of nitrogens with zero attached hydrogens (tertiary/aromatic N) is 1. The first kappa shape index (κ1) is 12.4. The maximum Gasteiger partial charge on any atom is 0.125 e. The van der Waals surface area contributed by atoms with Crippen molar-refractivity contribution in [2.45, 2.75) is 32.7 Å². The first-order valence-corrected chi connectivity index (χ1v) is 6.43. The summed E-state index contributed by atoms with van der Waals surface area (Å²) < 4.78 is 13.3. The van der Waals surface area contributed by atoms with E-state index >= 15 is 0 Å². The van der Waals surface area contributed by atoms with E-state index in [4.69, 9.17) is 0 Å². The smallest absolute Gasteiger partial charge is 0.125 e. The van der Waals surface area contributed by atoms with Crippen LogP contribution in [0.4, 0.5) is 10.1 Å². The lowest BCUT2D eigenvalue weighted by molar-refractivity contribution is 0.229. The molecule has 0 aliphatic carbocycles. The Morgan fingerprint density at radius 1 is 1.29 bits per heavy atom. The van der Waals surface area contributed by atoms with Gasteiger partial charge in [0.25, 0.3) is 0 Å². The zero-order valence-corrected chi connectivity index (χ0v) is 10.7. The highest BCUT2D eigenvalue weighted by atomic mass is 19.1. The maximum atomic E-state index is 13.3. The number of rotatable bonds is 3. The first-order valence-electron chi connectivity index (χ1n) is 6.43. The van der Waals surface area contributed by atoms with Crippen LogP contribution >= 0.6 is 0 Å². The highest BCUT2D eigenvalue weighted by Crippen LogP contribution is 2.18. The molecule has 94 valence electrons. The topological polar surface area (TPSA) is 15.3 Å². The van der Waals surface area contributed by atoms with Gasteiger partial charge in [-0.3, -0.25) is 0 Å². The van der Waals surface area contributed by atoms with Crippen LogP contribution in [0.1, 0.15) is 25.3 Å². The fraction of sp³-hybridized carbons (Fsp3) is 0.571. The predicted molar refractivity (Wildman–Crippen MR) is 69.9 cm³/mol. The van der Waals surface area contributed by atoms with Crippen molar-refractivity contribution in [1.82, 2.24) is 4.90 Å². The minimum Gasteiger partial charge on any atom is -0.382 e. The van der Waals surface area contributed by atoms with Gasteiger partial charge in [0.2, 0.25) is 0 Å². The van der Waals surface area contributed by atoms with Gasteiger partial charge in [-0.1, -0.05) is 6.92 Å². The molecule has 1 aromatic rings. The summed E-state index contributed by atoms with van der Waals surface area (Å²) in [4.78, 5) is 2.45. The van der Waals surface area contributed by atoms with Crippen LogP contribution in [0.3, 0.4) is 0 Å². The zero-order chi connectivity index (χ0) is 12.3. The third-order valence-electron chi connectivity index (χ3n) is 3.45. The zero-order valence-electron chi connectivity index (χ0n) is 10.7. The number of benzene rings is 1. The largest absolute Gasteiger partial charge is 0.382 e. The standard InChI is InChI=1S/C14H21FN2/c1-3-17-6-4-13(5-7-17)16-14-9-11(2)8-12(15)10-14/h8-10,13,16H,3-7H2,1-2H3. The fourth-order valence-corrected chi connectivity index (χ4v) is 2.45. The van der Waals surface area contributed by atoms with E-state index in [9.17, 15) is 4.39 Å². The monoisotopic (exact) mass is 236 g/mol. The van der Waals surface area contributed by atoms with Crippen LogP contribution < -0.4 is 5.32 Å². The van der Waals surface area contributed by atoms with Crippen molar-refractivity contribution in [2.24, 2.45) is 0 Å². The van der Waals surface area contributed by atoms with Gasteiger partial charge in [-0.15, -0.1) is 0 Å². The second-order valence-corrected chi connectivity index (χ2v) is 4.87. The Labute approximate surface area is 103 Å². The molecule has 0 saturated carbocycles. The Hall–Kier alpha value is -1.09. The molecule has 0 unspecified atom stereocenters. The molecule has 2 nitrogen and oxygen atoms in total. The van der Waals surface area contributed by atoms with Crippen LogP contribution in [-0.2, 0) is 0 Å². The van der Waals surface area contributed by atoms with Gasteiger partial charge in [-0.05, 0) is 50.1 Å². The molecule has 1 heterocycles. The van der Waals surface area contributed by atoms with Crippen LogP contribution in [0, 0.1) is 12.7 Å². The summed E-state index contributed by atoms with van der Waals surface area (Å²) in [7, 11) is 0. The minimum absolute atomic E-state index is 0.154. The Kier molecular flexibility index (Phi) is 4.00. The van der Waals surface area contributed by atoms with E-state index in [1.54, 1.807) is 12.1 Å². The molecule has 1 aromatic carbocycles. The van der Waals surface area contributed by atoms with Crippen molar-refractivity contribution < 1.29 is 4.39 Å². The average molecular weight is 236 g/mol. The van der Waals surface area contributed by atoms with Gasteiger partial charge >= 0.3 is 0 Å². The van der Waals surface area contributed by atoms with Gasteiger partial charge in [-0.2, -0.15) is 0 Å². The third kappa shape index (κ3) is 3.43. The molecular weight excluding hydrogens is 215 g/mol. The molecule has 1 N–H and O–H groups in total. The van der Waals surface area contributed by atoms with Crippen molar-refractivity contribution in [3.63, 3.8) is 0 Å². The molecular formula is C14H21FN2. The van der Waals surface area contributed by atoms with Gasteiger partial charge in [0, 0.05) is 24.8 Å². The summed E-state index contributed by atoms with van der Waals surface area (Å²) in [6.45, 7) is 7.54. The Morgan fingerprint density at radius 3 is 2.59 bits per heavy atom. The molecule has 0 radical (unpaired) electrons. The van der Waals surface area contributed by atoms with E-state index < -0.39 is 0 Å². The van der Waals surface area contributed by atoms with Gasteiger partial charge in [0.15, 0.2) is 0 Å². The summed E-state index contributed by atoms with van der Waals surface area (Å²) in [5, 5.41) is 3.44. The molecule has 0 bridgehead atoms. The predicted octanol–water partition coefficient (Wildman–Crippen LogP) is 3.03. The van der Waals surface area contributed by atoms with E-state index in [2.05, 4.69) is 17.1 Å². The van der Waals surface area contributed by atoms with E-state index in [-0.39, 0.29) is 5.82 Å². The Morgan fingerprint density at radius 2 is 2.00 bits per heavy atom. The van der Waals surface area contributed by atoms with E-state index in [0.29, 0.717) is 6.04 Å². The summed E-state index contributed by atoms with van der Waals surface area (Å²) in [6, 6.07) is 5.64. The highest BCUT2D eigenvalue weighted by Gasteiger charge is 2.17. The quantitative estimate of drug-likeness (QED) is 0.867. The fourth-order valence-electron chi connectivity index (χ4n) is 2.45. The van der Waals surface area contributed by atoms with E-state index in [1.165, 1.54) is 0 Å². The molecule has 0 spiro atoms. The second kappa shape index (κ2) is 5.50. The van der Waals surface area contributed by atoms with Crippen LogP contribution in [0.15, 0.2) is 18.2 Å². The van der Waals surface area contributed by atoms with Crippen molar-refractivity contribution in [2.75, 3.05) is 25.0 Å². The van der Waals surface area contributed by atoms with E-state index in [1.807, 2.05) is 13.0 Å². The minimum atomic E-state index is -0.154. The molecule has 3 heteroatoms. The summed E-state index contributed by atoms with van der Waals surface area (Å²) >= 11 is 0. The van der Waals surface area contributed by atoms with Crippen molar-refractivity contribution in [3.05, 3.63) is 29.6 Å². The number of likely N-dealkylation sites (tertiary alicyclic amines) is 1. The summed E-state index contributed by atoms with van der Waals surface area (Å²) in [5.74, 6) is -0.154. The molecule has 1 aliphatic rings. The van der Waals surface area contributed by atoms with Gasteiger partial charge in [0.1, 0.15) is 5.82 Å². The second-order valence-electron chi connectivity index (χ2n) is 4.87. The number of anilines is 1. The number of nitrogens with one attached hydrogen (secondary N) is 1. The molecule has 0 amide bonds. The highest BCUT2D eigenvalue weighted by molar-refractivity contribution is 5.46. The van der Waals surface area contributed by atoms with Gasteiger partial charge in [0.05, 0.1) is 0 Å². The number of hydrogen-bond donors (Lipinski definition) is 1. The summed E-state index contributed by atoms with van der Waals surface area (Å²) in [6.07, 6.45) is 2.28. The van der Waals surface area contributed by atoms with Crippen LogP contribution in [-0.4, -0.2) is 30.6 Å². The van der Waals surface area contributed by atoms with Crippen molar-refractivity contribution >= 4 is 5.69 Å².